The summed E-state index contributed by atoms with van der Waals surface area (Å²) >= 11 is 0. The average Bonchev–Trinajstić information content (AvgIpc) is 3.56. The van der Waals surface area contributed by atoms with Gasteiger partial charge in [-0.2, -0.15) is 0 Å². The SMILES string of the molecule is CNC(=O)c1ccc(N[C@H]2CCC[C@@H](CC(=O)OC(C)(C)C)C2)c(N)c1.CNC(=O)c1ccc2c(c1)nc(-c1ccccn1)n2[C@H]1CCC[C@@H](CC(=O)OC(C)(C)C)C1. The van der Waals surface area contributed by atoms with E-state index >= 15 is 0 Å². The summed E-state index contributed by atoms with van der Waals surface area (Å²) in [5.41, 5.74) is 10.2. The summed E-state index contributed by atoms with van der Waals surface area (Å²) in [5.74, 6) is 0.823. The first-order chi connectivity index (χ1) is 27.9. The zero-order chi connectivity index (χ0) is 42.9. The van der Waals surface area contributed by atoms with E-state index in [0.717, 1.165) is 79.6 Å². The number of ether oxygens (including phenoxy) is 2. The van der Waals surface area contributed by atoms with Gasteiger partial charge in [-0.25, -0.2) is 4.98 Å². The van der Waals surface area contributed by atoms with Crippen LogP contribution in [0.15, 0.2) is 60.8 Å². The Hall–Kier alpha value is -5.46. The molecular formula is C46H63N7O6. The molecule has 13 heteroatoms. The lowest BCUT2D eigenvalue weighted by Crippen LogP contribution is -2.31. The Balaban J connectivity index is 0.000000231. The van der Waals surface area contributed by atoms with E-state index in [1.165, 1.54) is 0 Å². The van der Waals surface area contributed by atoms with Gasteiger partial charge in [0.25, 0.3) is 11.8 Å². The monoisotopic (exact) mass is 809 g/mol. The molecule has 2 aromatic heterocycles. The molecule has 0 bridgehead atoms. The van der Waals surface area contributed by atoms with Gasteiger partial charge in [-0.15, -0.1) is 0 Å². The number of amides is 2. The van der Waals surface area contributed by atoms with Crippen LogP contribution in [-0.4, -0.2) is 69.6 Å². The number of carbonyl (C=O) groups is 4. The summed E-state index contributed by atoms with van der Waals surface area (Å²) in [4.78, 5) is 57.8. The molecule has 2 aromatic carbocycles. The summed E-state index contributed by atoms with van der Waals surface area (Å²) in [5, 5.41) is 8.74. The van der Waals surface area contributed by atoms with Crippen LogP contribution in [0.5, 0.6) is 0 Å². The van der Waals surface area contributed by atoms with Gasteiger partial charge in [0.1, 0.15) is 16.9 Å². The van der Waals surface area contributed by atoms with Crippen molar-refractivity contribution in [3.8, 4) is 11.5 Å². The highest BCUT2D eigenvalue weighted by Crippen LogP contribution is 2.39. The number of imidazole rings is 1. The lowest BCUT2D eigenvalue weighted by Gasteiger charge is -2.31. The minimum absolute atomic E-state index is 0.127. The van der Waals surface area contributed by atoms with E-state index in [1.54, 1.807) is 32.4 Å². The van der Waals surface area contributed by atoms with E-state index in [-0.39, 0.29) is 41.8 Å². The number of pyridine rings is 1. The minimum atomic E-state index is -0.472. The smallest absolute Gasteiger partial charge is 0.306 e. The number of nitrogens with one attached hydrogen (secondary N) is 3. The third-order valence-corrected chi connectivity index (χ3v) is 10.6. The highest BCUT2D eigenvalue weighted by Gasteiger charge is 2.31. The van der Waals surface area contributed by atoms with Crippen LogP contribution in [0.3, 0.4) is 0 Å². The van der Waals surface area contributed by atoms with Crippen molar-refractivity contribution in [3.05, 3.63) is 71.9 Å². The molecule has 4 atom stereocenters. The van der Waals surface area contributed by atoms with Crippen molar-refractivity contribution in [3.63, 3.8) is 0 Å². The van der Waals surface area contributed by atoms with Crippen molar-refractivity contribution < 1.29 is 28.7 Å². The zero-order valence-electron chi connectivity index (χ0n) is 36.0. The number of hydrogen-bond acceptors (Lipinski definition) is 10. The molecule has 2 heterocycles. The number of hydrogen-bond donors (Lipinski definition) is 4. The molecule has 318 valence electrons. The second kappa shape index (κ2) is 19.5. The molecule has 0 saturated heterocycles. The summed E-state index contributed by atoms with van der Waals surface area (Å²) in [7, 11) is 3.22. The predicted octanol–water partition coefficient (Wildman–Crippen LogP) is 8.25. The van der Waals surface area contributed by atoms with Gasteiger partial charge >= 0.3 is 11.9 Å². The average molecular weight is 810 g/mol. The zero-order valence-corrected chi connectivity index (χ0v) is 36.0. The molecule has 2 aliphatic carbocycles. The van der Waals surface area contributed by atoms with Crippen LogP contribution in [0, 0.1) is 11.8 Å². The van der Waals surface area contributed by atoms with Crippen LogP contribution >= 0.6 is 0 Å². The number of nitrogens with two attached hydrogens (primary N) is 1. The molecule has 2 amide bonds. The van der Waals surface area contributed by atoms with E-state index in [4.69, 9.17) is 20.2 Å². The summed E-state index contributed by atoms with van der Waals surface area (Å²) < 4.78 is 13.3. The van der Waals surface area contributed by atoms with E-state index in [0.29, 0.717) is 35.6 Å². The number of nitrogen functional groups attached to an aromatic ring is 1. The number of carbonyl (C=O) groups excluding carboxylic acids is 4. The highest BCUT2D eigenvalue weighted by molar-refractivity contribution is 5.98. The molecule has 2 fully saturated rings. The summed E-state index contributed by atoms with van der Waals surface area (Å²) in [6.07, 6.45) is 10.7. The molecule has 0 radical (unpaired) electrons. The quantitative estimate of drug-likeness (QED) is 0.0900. The largest absolute Gasteiger partial charge is 0.460 e. The Morgan fingerprint density at radius 3 is 1.93 bits per heavy atom. The van der Waals surface area contributed by atoms with Crippen molar-refractivity contribution in [2.75, 3.05) is 25.1 Å². The number of nitrogens with zero attached hydrogens (tertiary/aromatic N) is 3. The van der Waals surface area contributed by atoms with Crippen LogP contribution in [-0.2, 0) is 19.1 Å². The van der Waals surface area contributed by atoms with Crippen LogP contribution in [0.2, 0.25) is 0 Å². The molecule has 0 spiro atoms. The fourth-order valence-corrected chi connectivity index (χ4v) is 8.16. The Labute approximate surface area is 348 Å². The van der Waals surface area contributed by atoms with Gasteiger partial charge in [0.2, 0.25) is 0 Å². The third-order valence-electron chi connectivity index (χ3n) is 10.6. The first kappa shape index (κ1) is 44.6. The van der Waals surface area contributed by atoms with Crippen LogP contribution in [0.1, 0.15) is 133 Å². The third kappa shape index (κ3) is 12.8. The van der Waals surface area contributed by atoms with E-state index < -0.39 is 11.2 Å². The van der Waals surface area contributed by atoms with E-state index in [2.05, 4.69) is 25.5 Å². The topological polar surface area (TPSA) is 180 Å². The molecule has 59 heavy (non-hydrogen) atoms. The molecule has 4 aromatic rings. The molecule has 6 rings (SSSR count). The maximum Gasteiger partial charge on any atom is 0.306 e. The van der Waals surface area contributed by atoms with Gasteiger partial charge in [0, 0.05) is 56.3 Å². The minimum Gasteiger partial charge on any atom is -0.460 e. The van der Waals surface area contributed by atoms with Gasteiger partial charge in [-0.1, -0.05) is 18.9 Å². The number of rotatable bonds is 10. The fourth-order valence-electron chi connectivity index (χ4n) is 8.16. The van der Waals surface area contributed by atoms with Gasteiger partial charge in [-0.3, -0.25) is 24.2 Å². The first-order valence-electron chi connectivity index (χ1n) is 20.9. The standard InChI is InChI=1S/C26H32N4O3.C20H31N3O3/c1-26(2,3)33-23(31)15-17-8-7-9-19(14-17)30-22-12-11-18(25(32)27-4)16-21(22)29-24(30)20-10-5-6-13-28-20;1-20(2,3)26-18(24)11-13-6-5-7-15(10-13)23-17-9-8-14(12-16(17)21)19(25)22-4/h5-6,10-13,16-17,19H,7-9,14-15H2,1-4H3,(H,27,32);8-9,12-13,15,23H,5-7,10-11,21H2,1-4H3,(H,22,25)/t17-,19+;13-,15+/m11/s1. The van der Waals surface area contributed by atoms with Gasteiger partial charge in [0.05, 0.1) is 22.4 Å². The van der Waals surface area contributed by atoms with Gasteiger partial charge in [-0.05, 0) is 140 Å². The van der Waals surface area contributed by atoms with Crippen molar-refractivity contribution in [2.24, 2.45) is 11.8 Å². The maximum absolute atomic E-state index is 12.5. The fraction of sp³-hybridized carbons (Fsp3) is 0.522. The molecule has 2 aliphatic rings. The first-order valence-corrected chi connectivity index (χ1v) is 20.9. The Bertz CT molecular complexity index is 2080. The lowest BCUT2D eigenvalue weighted by atomic mass is 9.83. The molecule has 13 nitrogen and oxygen atoms in total. The molecule has 0 unspecified atom stereocenters. The summed E-state index contributed by atoms with van der Waals surface area (Å²) in [6.45, 7) is 11.4. The summed E-state index contributed by atoms with van der Waals surface area (Å²) in [6, 6.07) is 17.2. The number of anilines is 2. The number of benzene rings is 2. The van der Waals surface area contributed by atoms with E-state index in [1.807, 2.05) is 84.0 Å². The highest BCUT2D eigenvalue weighted by atomic mass is 16.6. The lowest BCUT2D eigenvalue weighted by molar-refractivity contribution is -0.157. The maximum atomic E-state index is 12.5. The van der Waals surface area contributed by atoms with Crippen LogP contribution < -0.4 is 21.7 Å². The van der Waals surface area contributed by atoms with Crippen LogP contribution in [0.4, 0.5) is 11.4 Å². The Kier molecular flexibility index (Phi) is 14.8. The number of esters is 2. The van der Waals surface area contributed by atoms with Gasteiger partial charge < -0.3 is 35.7 Å². The second-order valence-corrected chi connectivity index (χ2v) is 17.8. The molecule has 5 N–H and O–H groups in total. The number of fused-ring (bicyclic) bond motifs is 1. The Morgan fingerprint density at radius 1 is 0.763 bits per heavy atom. The normalized spacial score (nSPS) is 19.5. The second-order valence-electron chi connectivity index (χ2n) is 17.8. The van der Waals surface area contributed by atoms with Crippen molar-refractivity contribution >= 4 is 46.2 Å². The Morgan fingerprint density at radius 2 is 1.36 bits per heavy atom. The van der Waals surface area contributed by atoms with Crippen molar-refractivity contribution in [1.82, 2.24) is 25.2 Å². The van der Waals surface area contributed by atoms with Crippen molar-refractivity contribution in [2.45, 2.75) is 129 Å². The van der Waals surface area contributed by atoms with Crippen LogP contribution in [0.25, 0.3) is 22.6 Å². The molecule has 0 aliphatic heterocycles. The molecule has 2 saturated carbocycles. The van der Waals surface area contributed by atoms with E-state index in [9.17, 15) is 19.2 Å². The van der Waals surface area contributed by atoms with Gasteiger partial charge in [0.15, 0.2) is 5.82 Å². The number of aromatic nitrogens is 3. The predicted molar refractivity (Wildman–Crippen MR) is 232 cm³/mol. The van der Waals surface area contributed by atoms with Crippen molar-refractivity contribution in [1.29, 1.82) is 0 Å². The molecular weight excluding hydrogens is 747 g/mol.